The molecule has 0 aromatic carbocycles. The predicted molar refractivity (Wildman–Crippen MR) is 62.8 cm³/mol. The van der Waals surface area contributed by atoms with E-state index in [1.165, 1.54) is 7.11 Å². The summed E-state index contributed by atoms with van der Waals surface area (Å²) in [6.07, 6.45) is 4.55. The monoisotopic (exact) mass is 255 g/mol. The SMILES string of the molecule is COC(=O)CC1CCCCN1C(=O)/C=C/C(=O)O. The summed E-state index contributed by atoms with van der Waals surface area (Å²) in [5.41, 5.74) is 0. The normalized spacial score (nSPS) is 19.8. The number of piperidine rings is 1. The first-order valence-corrected chi connectivity index (χ1v) is 5.83. The van der Waals surface area contributed by atoms with Crippen LogP contribution in [0.4, 0.5) is 0 Å². The molecule has 1 heterocycles. The molecule has 6 nitrogen and oxygen atoms in total. The highest BCUT2D eigenvalue weighted by Gasteiger charge is 2.27. The molecule has 1 saturated heterocycles. The molecule has 0 aliphatic carbocycles. The number of amides is 1. The maximum Gasteiger partial charge on any atom is 0.328 e. The molecule has 18 heavy (non-hydrogen) atoms. The smallest absolute Gasteiger partial charge is 0.328 e. The fourth-order valence-electron chi connectivity index (χ4n) is 2.02. The molecule has 0 aromatic rings. The van der Waals surface area contributed by atoms with E-state index in [4.69, 9.17) is 5.11 Å². The van der Waals surface area contributed by atoms with Crippen molar-refractivity contribution in [3.63, 3.8) is 0 Å². The average Bonchev–Trinajstić information content (AvgIpc) is 2.36. The van der Waals surface area contributed by atoms with Gasteiger partial charge in [0.1, 0.15) is 0 Å². The number of aliphatic carboxylic acids is 1. The van der Waals surface area contributed by atoms with Gasteiger partial charge in [0.15, 0.2) is 0 Å². The van der Waals surface area contributed by atoms with Crippen LogP contribution in [0.3, 0.4) is 0 Å². The van der Waals surface area contributed by atoms with Crippen molar-refractivity contribution >= 4 is 17.8 Å². The van der Waals surface area contributed by atoms with E-state index >= 15 is 0 Å². The summed E-state index contributed by atoms with van der Waals surface area (Å²) in [5, 5.41) is 8.48. The van der Waals surface area contributed by atoms with Gasteiger partial charge in [-0.2, -0.15) is 0 Å². The lowest BCUT2D eigenvalue weighted by Crippen LogP contribution is -2.44. The molecule has 1 atom stereocenters. The third kappa shape index (κ3) is 4.20. The van der Waals surface area contributed by atoms with Gasteiger partial charge in [-0.3, -0.25) is 9.59 Å². The van der Waals surface area contributed by atoms with Gasteiger partial charge in [0, 0.05) is 24.7 Å². The second kappa shape index (κ2) is 6.78. The maximum atomic E-state index is 11.8. The maximum absolute atomic E-state index is 11.8. The second-order valence-corrected chi connectivity index (χ2v) is 4.13. The zero-order chi connectivity index (χ0) is 13.5. The van der Waals surface area contributed by atoms with Gasteiger partial charge in [-0.05, 0) is 19.3 Å². The van der Waals surface area contributed by atoms with Crippen molar-refractivity contribution < 1.29 is 24.2 Å². The molecule has 0 saturated carbocycles. The first kappa shape index (κ1) is 14.2. The van der Waals surface area contributed by atoms with E-state index < -0.39 is 5.97 Å². The van der Waals surface area contributed by atoms with E-state index in [1.807, 2.05) is 0 Å². The number of carbonyl (C=O) groups excluding carboxylic acids is 2. The van der Waals surface area contributed by atoms with E-state index in [0.29, 0.717) is 6.54 Å². The summed E-state index contributed by atoms with van der Waals surface area (Å²) in [4.78, 5) is 35.0. The van der Waals surface area contributed by atoms with Gasteiger partial charge < -0.3 is 14.7 Å². The second-order valence-electron chi connectivity index (χ2n) is 4.13. The fraction of sp³-hybridized carbons (Fsp3) is 0.583. The van der Waals surface area contributed by atoms with Crippen molar-refractivity contribution in [3.05, 3.63) is 12.2 Å². The van der Waals surface area contributed by atoms with E-state index in [-0.39, 0.29) is 24.3 Å². The van der Waals surface area contributed by atoms with Gasteiger partial charge in [-0.25, -0.2) is 4.79 Å². The fourth-order valence-corrected chi connectivity index (χ4v) is 2.02. The van der Waals surface area contributed by atoms with Crippen LogP contribution in [0.15, 0.2) is 12.2 Å². The van der Waals surface area contributed by atoms with Crippen LogP contribution in [-0.2, 0) is 19.1 Å². The molecule has 1 aliphatic rings. The number of ether oxygens (including phenoxy) is 1. The Hall–Kier alpha value is -1.85. The molecule has 1 unspecified atom stereocenters. The Bertz CT molecular complexity index is 363. The van der Waals surface area contributed by atoms with Gasteiger partial charge in [-0.1, -0.05) is 0 Å². The van der Waals surface area contributed by atoms with Crippen LogP contribution in [-0.4, -0.2) is 47.5 Å². The number of carbonyl (C=O) groups is 3. The van der Waals surface area contributed by atoms with Gasteiger partial charge in [0.05, 0.1) is 13.5 Å². The van der Waals surface area contributed by atoms with Gasteiger partial charge in [0.2, 0.25) is 5.91 Å². The van der Waals surface area contributed by atoms with Gasteiger partial charge in [0.25, 0.3) is 0 Å². The van der Waals surface area contributed by atoms with Crippen LogP contribution in [0.1, 0.15) is 25.7 Å². The Labute approximate surface area is 105 Å². The summed E-state index contributed by atoms with van der Waals surface area (Å²) in [5.74, 6) is -1.89. The van der Waals surface area contributed by atoms with E-state index in [2.05, 4.69) is 4.74 Å². The molecule has 0 aromatic heterocycles. The summed E-state index contributed by atoms with van der Waals surface area (Å²) in [7, 11) is 1.31. The highest BCUT2D eigenvalue weighted by molar-refractivity contribution is 5.94. The minimum Gasteiger partial charge on any atom is -0.478 e. The Balaban J connectivity index is 2.66. The molecule has 100 valence electrons. The van der Waals surface area contributed by atoms with Crippen LogP contribution in [0.5, 0.6) is 0 Å². The van der Waals surface area contributed by atoms with Crippen LogP contribution >= 0.6 is 0 Å². The van der Waals surface area contributed by atoms with Crippen molar-refractivity contribution in [1.29, 1.82) is 0 Å². The van der Waals surface area contributed by atoms with E-state index in [9.17, 15) is 14.4 Å². The molecular weight excluding hydrogens is 238 g/mol. The van der Waals surface area contributed by atoms with Gasteiger partial charge in [-0.15, -0.1) is 0 Å². The number of hydrogen-bond acceptors (Lipinski definition) is 4. The lowest BCUT2D eigenvalue weighted by atomic mass is 9.99. The molecule has 0 spiro atoms. The zero-order valence-corrected chi connectivity index (χ0v) is 10.3. The summed E-state index contributed by atoms with van der Waals surface area (Å²) < 4.78 is 4.59. The minimum atomic E-state index is -1.16. The van der Waals surface area contributed by atoms with Crippen LogP contribution in [0, 0.1) is 0 Å². The lowest BCUT2D eigenvalue weighted by molar-refractivity contribution is -0.143. The van der Waals surface area contributed by atoms with Crippen LogP contribution in [0.25, 0.3) is 0 Å². The molecular formula is C12H17NO5. The van der Waals surface area contributed by atoms with Crippen LogP contribution in [0.2, 0.25) is 0 Å². The first-order valence-electron chi connectivity index (χ1n) is 5.83. The lowest BCUT2D eigenvalue weighted by Gasteiger charge is -2.34. The molecule has 1 fully saturated rings. The Morgan fingerprint density at radius 3 is 2.67 bits per heavy atom. The number of nitrogens with zero attached hydrogens (tertiary/aromatic N) is 1. The molecule has 1 amide bonds. The first-order chi connectivity index (χ1) is 8.54. The van der Waals surface area contributed by atoms with Crippen molar-refractivity contribution in [1.82, 2.24) is 4.90 Å². The number of carboxylic acids is 1. The van der Waals surface area contributed by atoms with Crippen molar-refractivity contribution in [2.75, 3.05) is 13.7 Å². The molecule has 6 heteroatoms. The van der Waals surface area contributed by atoms with Crippen LogP contribution < -0.4 is 0 Å². The number of rotatable bonds is 4. The Kier molecular flexibility index (Phi) is 5.35. The summed E-state index contributed by atoms with van der Waals surface area (Å²) >= 11 is 0. The number of hydrogen-bond donors (Lipinski definition) is 1. The van der Waals surface area contributed by atoms with Crippen molar-refractivity contribution in [2.24, 2.45) is 0 Å². The van der Waals surface area contributed by atoms with Crippen molar-refractivity contribution in [2.45, 2.75) is 31.7 Å². The standard InChI is InChI=1S/C12H17NO5/c1-18-12(17)8-9-4-2-3-7-13(9)10(14)5-6-11(15)16/h5-6,9H,2-4,7-8H2,1H3,(H,15,16)/b6-5+. The predicted octanol–water partition coefficient (Wildman–Crippen LogP) is 0.571. The molecule has 0 bridgehead atoms. The third-order valence-electron chi connectivity index (χ3n) is 2.91. The molecule has 1 rings (SSSR count). The van der Waals surface area contributed by atoms with E-state index in [1.54, 1.807) is 4.90 Å². The molecule has 1 aliphatic heterocycles. The summed E-state index contributed by atoms with van der Waals surface area (Å²) in [6.45, 7) is 0.546. The number of carboxylic acid groups (broad SMARTS) is 1. The third-order valence-corrected chi connectivity index (χ3v) is 2.91. The Morgan fingerprint density at radius 2 is 2.06 bits per heavy atom. The highest BCUT2D eigenvalue weighted by Crippen LogP contribution is 2.20. The molecule has 1 N–H and O–H groups in total. The topological polar surface area (TPSA) is 83.9 Å². The van der Waals surface area contributed by atoms with E-state index in [0.717, 1.165) is 31.4 Å². The number of esters is 1. The molecule has 0 radical (unpaired) electrons. The zero-order valence-electron chi connectivity index (χ0n) is 10.3. The Morgan fingerprint density at radius 1 is 1.33 bits per heavy atom. The van der Waals surface area contributed by atoms with Gasteiger partial charge >= 0.3 is 11.9 Å². The highest BCUT2D eigenvalue weighted by atomic mass is 16.5. The minimum absolute atomic E-state index is 0.156. The average molecular weight is 255 g/mol. The number of likely N-dealkylation sites (tertiary alicyclic amines) is 1. The summed E-state index contributed by atoms with van der Waals surface area (Å²) in [6, 6.07) is -0.197. The quantitative estimate of drug-likeness (QED) is 0.586. The number of methoxy groups -OCH3 is 1. The van der Waals surface area contributed by atoms with Crippen molar-refractivity contribution in [3.8, 4) is 0 Å². The largest absolute Gasteiger partial charge is 0.478 e.